The molecule has 1 saturated carbocycles. The number of benzene rings is 2. The van der Waals surface area contributed by atoms with E-state index < -0.39 is 116 Å². The molecule has 33 heteroatoms. The number of ether oxygens (including phenoxy) is 15. The van der Waals surface area contributed by atoms with Crippen molar-refractivity contribution in [2.24, 2.45) is 35.5 Å². The van der Waals surface area contributed by atoms with Crippen LogP contribution in [-0.2, 0) is 107 Å². The Morgan fingerprint density at radius 1 is 0.692 bits per heavy atom. The number of halogens is 1. The van der Waals surface area contributed by atoms with Crippen molar-refractivity contribution in [1.82, 2.24) is 14.8 Å². The number of hydrogen-bond acceptors (Lipinski definition) is 29. The van der Waals surface area contributed by atoms with Crippen molar-refractivity contribution in [1.29, 1.82) is 0 Å². The number of carbonyl (C=O) groups is 6. The second kappa shape index (κ2) is 56.2. The number of ketones is 3. The molecule has 0 spiro atoms. The number of aliphatic hydroxyl groups is 3. The summed E-state index contributed by atoms with van der Waals surface area (Å²) in [5.41, 5.74) is 9.43. The van der Waals surface area contributed by atoms with E-state index in [0.29, 0.717) is 179 Å². The highest BCUT2D eigenvalue weighted by Gasteiger charge is 2.53. The molecule has 2 saturated heterocycles. The molecule has 2 bridgehead atoms. The Labute approximate surface area is 772 Å². The van der Waals surface area contributed by atoms with Crippen LogP contribution in [0, 0.1) is 48.2 Å². The highest BCUT2D eigenvalue weighted by molar-refractivity contribution is 7.91. The van der Waals surface area contributed by atoms with E-state index in [2.05, 4.69) is 4.98 Å². The number of thiocarbonyl (C=S) groups is 1. The fourth-order valence-electron chi connectivity index (χ4n) is 17.1. The Morgan fingerprint density at radius 3 is 1.97 bits per heavy atom. The number of esters is 1. The maximum Gasteiger partial charge on any atom is 0.329 e. The van der Waals surface area contributed by atoms with Crippen LogP contribution in [0.2, 0.25) is 0 Å². The summed E-state index contributed by atoms with van der Waals surface area (Å²) < 4.78 is 130. The first kappa shape index (κ1) is 108. The van der Waals surface area contributed by atoms with Crippen LogP contribution in [0.25, 0.3) is 11.1 Å². The molecule has 726 valence electrons. The SMILES string of the molecule is CO[C@H]1C[C@@H]2CC[C@@H](C)[C@@](O)(O2)C(=O)C(=O)N2CCCC[C@H]2C(=O)O[C@H]([C@H](C)C[C@@H]2CC[C@@H](OC(=S)CCCOCCOCCOCCOCCOCCOCCOCCOCCC(=O)CCCS(=O)(=O)c3ccc(C(=O)N4CCOc5ccc(-c6ccc(N)nc6)cc5C4)c(C)c3F)[C@H](OC)C2)C[C@@H](O)[C@H](C)/C=C(\C)[C@@H](O)[C@@H](OC)C(=O)[C@H](C)C[C@H](C)/C=C/C=C/C=C/1C. The van der Waals surface area contributed by atoms with E-state index in [-0.39, 0.29) is 131 Å². The number of nitrogens with zero attached hydrogens (tertiary/aromatic N) is 3. The molecule has 1 aliphatic carbocycles. The minimum Gasteiger partial charge on any atom is -0.491 e. The molecule has 0 radical (unpaired) electrons. The number of pyridine rings is 1. The number of cyclic esters (lactones) is 1. The Balaban J connectivity index is 0.645. The maximum atomic E-state index is 15.8. The van der Waals surface area contributed by atoms with E-state index in [0.717, 1.165) is 34.8 Å². The molecule has 5 N–H and O–H groups in total. The van der Waals surface area contributed by atoms with E-state index in [1.807, 2.05) is 82.3 Å². The monoisotopic (exact) mass is 1860 g/mol. The summed E-state index contributed by atoms with van der Waals surface area (Å²) in [5, 5.41) is 36.4. The van der Waals surface area contributed by atoms with Gasteiger partial charge in [-0.25, -0.2) is 22.6 Å². The lowest BCUT2D eigenvalue weighted by molar-refractivity contribution is -0.265. The van der Waals surface area contributed by atoms with E-state index >= 15 is 4.39 Å². The van der Waals surface area contributed by atoms with Gasteiger partial charge in [0.25, 0.3) is 17.6 Å². The summed E-state index contributed by atoms with van der Waals surface area (Å²) in [6.07, 6.45) is 13.5. The number of allylic oxidation sites excluding steroid dienone is 5. The van der Waals surface area contributed by atoms with Crippen LogP contribution < -0.4 is 10.5 Å². The number of sulfone groups is 1. The normalized spacial score (nSPS) is 27.3. The first-order valence-corrected chi connectivity index (χ1v) is 48.2. The summed E-state index contributed by atoms with van der Waals surface area (Å²) in [4.78, 5) is 90.6. The molecule has 130 heavy (non-hydrogen) atoms. The fraction of sp³-hybridized carbons (Fsp3) is 0.670. The van der Waals surface area contributed by atoms with Gasteiger partial charge < -0.3 is 102 Å². The van der Waals surface area contributed by atoms with Gasteiger partial charge in [-0.05, 0) is 186 Å². The minimum absolute atomic E-state index is 0.00320. The van der Waals surface area contributed by atoms with Crippen LogP contribution >= 0.6 is 12.2 Å². The lowest BCUT2D eigenvalue weighted by atomic mass is 9.78. The first-order chi connectivity index (χ1) is 62.4. The quantitative estimate of drug-likeness (QED) is 0.0135. The Morgan fingerprint density at radius 2 is 1.34 bits per heavy atom. The molecule has 5 aliphatic rings. The topological polar surface area (TPSA) is 381 Å². The van der Waals surface area contributed by atoms with E-state index in [9.17, 15) is 52.5 Å². The van der Waals surface area contributed by atoms with Crippen molar-refractivity contribution in [3.63, 3.8) is 0 Å². The van der Waals surface area contributed by atoms with Crippen LogP contribution in [-0.4, -0.2) is 292 Å². The van der Waals surface area contributed by atoms with Crippen molar-refractivity contribution in [2.45, 2.75) is 237 Å². The van der Waals surface area contributed by atoms with Crippen LogP contribution in [0.5, 0.6) is 5.75 Å². The van der Waals surface area contributed by atoms with Gasteiger partial charge in [-0.1, -0.05) is 77.1 Å². The number of carbonyl (C=O) groups excluding carboxylic acids is 6. The molecule has 2 amide bonds. The summed E-state index contributed by atoms with van der Waals surface area (Å²) in [5.74, 6) is -8.80. The van der Waals surface area contributed by atoms with Crippen LogP contribution in [0.15, 0.2) is 101 Å². The molecule has 8 rings (SSSR count). The Hall–Kier alpha value is -7.26. The average molecular weight is 1860 g/mol. The molecular weight excluding hydrogens is 1720 g/mol. The molecule has 1 aromatic heterocycles. The zero-order valence-electron chi connectivity index (χ0n) is 78.0. The number of aliphatic hydroxyl groups excluding tert-OH is 2. The van der Waals surface area contributed by atoms with E-state index in [1.165, 1.54) is 25.0 Å². The molecule has 4 aliphatic heterocycles. The van der Waals surface area contributed by atoms with Crippen molar-refractivity contribution in [3.8, 4) is 16.9 Å². The minimum atomic E-state index is -4.12. The number of Topliss-reactive ketones (excluding diaryl/α,β-unsaturated/α-hetero) is 3. The van der Waals surface area contributed by atoms with Crippen molar-refractivity contribution < 1.29 is 128 Å². The summed E-state index contributed by atoms with van der Waals surface area (Å²) in [6.45, 7) is 20.6. The second-order valence-electron chi connectivity index (χ2n) is 34.9. The number of methoxy groups -OCH3 is 3. The van der Waals surface area contributed by atoms with Crippen LogP contribution in [0.4, 0.5) is 10.2 Å². The smallest absolute Gasteiger partial charge is 0.329 e. The third kappa shape index (κ3) is 34.0. The van der Waals surface area contributed by atoms with E-state index in [1.54, 1.807) is 58.2 Å². The number of aromatic nitrogens is 1. The number of piperidine rings is 1. The zero-order valence-corrected chi connectivity index (χ0v) is 79.6. The van der Waals surface area contributed by atoms with Gasteiger partial charge in [-0.15, -0.1) is 0 Å². The second-order valence-corrected chi connectivity index (χ2v) is 37.4. The Kier molecular flexibility index (Phi) is 46.7. The van der Waals surface area contributed by atoms with Gasteiger partial charge >= 0.3 is 5.97 Å². The van der Waals surface area contributed by atoms with E-state index in [4.69, 9.17) is 89.0 Å². The van der Waals surface area contributed by atoms with Gasteiger partial charge in [0.2, 0.25) is 5.79 Å². The van der Waals surface area contributed by atoms with Gasteiger partial charge in [0.05, 0.1) is 136 Å². The molecule has 3 aromatic rings. The van der Waals surface area contributed by atoms with Gasteiger partial charge in [0.1, 0.15) is 65.1 Å². The lowest BCUT2D eigenvalue weighted by Gasteiger charge is -2.43. The van der Waals surface area contributed by atoms with Crippen molar-refractivity contribution in [2.75, 3.05) is 158 Å². The largest absolute Gasteiger partial charge is 0.491 e. The summed E-state index contributed by atoms with van der Waals surface area (Å²) >= 11 is 5.73. The third-order valence-corrected chi connectivity index (χ3v) is 27.1. The number of fused-ring (bicyclic) bond motifs is 4. The predicted octanol–water partition coefficient (Wildman–Crippen LogP) is 11.6. The molecule has 2 aromatic carbocycles. The van der Waals surface area contributed by atoms with Crippen LogP contribution in [0.1, 0.15) is 179 Å². The molecule has 3 fully saturated rings. The zero-order chi connectivity index (χ0) is 94.3. The average Bonchev–Trinajstić information content (AvgIpc) is 1.28. The third-order valence-electron chi connectivity index (χ3n) is 25.0. The number of amides is 2. The first-order valence-electron chi connectivity index (χ1n) is 46.1. The predicted molar refractivity (Wildman–Crippen MR) is 490 cm³/mol. The number of nitrogens with two attached hydrogens (primary N) is 1. The number of hydrogen-bond donors (Lipinski definition) is 4. The highest BCUT2D eigenvalue weighted by Crippen LogP contribution is 2.40. The van der Waals surface area contributed by atoms with Crippen molar-refractivity contribution in [3.05, 3.63) is 119 Å². The van der Waals surface area contributed by atoms with Crippen LogP contribution in [0.3, 0.4) is 0 Å². The lowest BCUT2D eigenvalue weighted by Crippen LogP contribution is -2.61. The van der Waals surface area contributed by atoms with Gasteiger partial charge in [-0.3, -0.25) is 24.0 Å². The number of anilines is 1. The van der Waals surface area contributed by atoms with Gasteiger partial charge in [0, 0.05) is 114 Å². The molecular formula is C97H143FN4O26S2. The number of rotatable bonds is 42. The van der Waals surface area contributed by atoms with Gasteiger partial charge in [-0.2, -0.15) is 0 Å². The van der Waals surface area contributed by atoms with Crippen molar-refractivity contribution >= 4 is 68.1 Å². The highest BCUT2D eigenvalue weighted by atomic mass is 32.2. The molecule has 5 heterocycles. The fourth-order valence-corrected chi connectivity index (χ4v) is 18.8. The number of nitrogen functional groups attached to an aromatic ring is 1. The molecule has 30 nitrogen and oxygen atoms in total. The maximum absolute atomic E-state index is 15.8. The standard InChI is InChI=1S/C97H143FN4O26S2/c1-64-19-13-12-14-20-65(2)83(114-9)60-77-28-24-70(7)97(111,128-77)93(107)95(109)102-35-16-15-22-79(102)96(110)127-84(61-80(104)66(3)56-69(6)91(106)92(116-11)90(105)68(5)55-64)67(4)57-72-25-30-82(85(58-72)115-10)126-88(129)23-17-37-117-40-42-119-44-46-121-48-50-123-52-53-124-51-49-122-47-45-120-43-41-118-38-34-76(103)21-18-54-130(112,113)86-32-29-78(71(8)89(86)98)94(108)101-36-39-125-81-31-26-73(59-75(81)63-101)74-27-33-87(99)100-62-74/h12-14,19-20,26-27,29,31-33,56,59,62,64,66-68,70,72,77,79-80,82-85,91-92,104,106,111H,15-18,21-25,28,30,34-55,57-58,60-61,63H2,1-11H3,(H2,99,100)/b14-12+,19-13+,65-20+,69-56+/t64-,66-,67-,68-,70-,72+,77+,79+,80-,82-,83+,84+,85-,91-,92+,97-/m1/s1. The Bertz CT molecular complexity index is 4300. The summed E-state index contributed by atoms with van der Waals surface area (Å²) in [6, 6.07) is 10.5. The van der Waals surface area contributed by atoms with Gasteiger partial charge in [0.15, 0.2) is 20.7 Å². The molecule has 0 unspecified atom stereocenters. The molecule has 16 atom stereocenters. The summed E-state index contributed by atoms with van der Waals surface area (Å²) in [7, 11) is 0.485.